The average molecular weight is 283 g/mol. The van der Waals surface area contributed by atoms with Gasteiger partial charge in [-0.1, -0.05) is 6.07 Å². The summed E-state index contributed by atoms with van der Waals surface area (Å²) in [7, 11) is 3.13. The molecule has 20 heavy (non-hydrogen) atoms. The fraction of sp³-hybridized carbons (Fsp3) is 0.500. The zero-order valence-corrected chi connectivity index (χ0v) is 11.8. The Morgan fingerprint density at radius 2 is 2.05 bits per heavy atom. The van der Waals surface area contributed by atoms with Crippen molar-refractivity contribution in [3.05, 3.63) is 23.8 Å². The third-order valence-electron chi connectivity index (χ3n) is 2.65. The van der Waals surface area contributed by atoms with Gasteiger partial charge in [0.2, 0.25) is 5.91 Å². The molecule has 112 valence electrons. The highest BCUT2D eigenvalue weighted by atomic mass is 16.5. The van der Waals surface area contributed by atoms with Crippen molar-refractivity contribution in [1.29, 1.82) is 0 Å². The third kappa shape index (κ3) is 5.46. The molecule has 1 rings (SSSR count). The molecule has 1 amide bonds. The Morgan fingerprint density at radius 3 is 2.70 bits per heavy atom. The minimum Gasteiger partial charge on any atom is -0.497 e. The molecule has 0 aromatic heterocycles. The molecule has 0 atom stereocenters. The van der Waals surface area contributed by atoms with Crippen LogP contribution in [0.2, 0.25) is 0 Å². The van der Waals surface area contributed by atoms with E-state index in [2.05, 4.69) is 5.32 Å². The van der Waals surface area contributed by atoms with E-state index in [1.54, 1.807) is 32.4 Å². The molecule has 0 aliphatic rings. The van der Waals surface area contributed by atoms with Crippen LogP contribution < -0.4 is 14.8 Å². The lowest BCUT2D eigenvalue weighted by molar-refractivity contribution is -0.120. The number of amides is 1. The van der Waals surface area contributed by atoms with Crippen molar-refractivity contribution in [2.45, 2.75) is 6.42 Å². The number of ether oxygens (including phenoxy) is 3. The van der Waals surface area contributed by atoms with Crippen LogP contribution in [-0.4, -0.2) is 51.6 Å². The standard InChI is InChI=1S/C14H21NO5/c1-18-12-4-3-11(13(10-12)19-2)9-14(17)15-5-7-20-8-6-16/h3-4,10,16H,5-9H2,1-2H3,(H,15,17). The minimum atomic E-state index is -0.110. The molecule has 2 N–H and O–H groups in total. The van der Waals surface area contributed by atoms with E-state index in [9.17, 15) is 4.79 Å². The summed E-state index contributed by atoms with van der Waals surface area (Å²) < 4.78 is 15.4. The first kappa shape index (κ1) is 16.3. The number of rotatable bonds is 9. The average Bonchev–Trinajstić information content (AvgIpc) is 2.47. The van der Waals surface area contributed by atoms with Crippen LogP contribution in [-0.2, 0) is 16.0 Å². The maximum absolute atomic E-state index is 11.8. The van der Waals surface area contributed by atoms with E-state index < -0.39 is 0 Å². The lowest BCUT2D eigenvalue weighted by Gasteiger charge is -2.10. The highest BCUT2D eigenvalue weighted by Gasteiger charge is 2.09. The molecule has 0 spiro atoms. The quantitative estimate of drug-likeness (QED) is 0.640. The molecule has 6 heteroatoms. The second kappa shape index (κ2) is 9.17. The van der Waals surface area contributed by atoms with Crippen molar-refractivity contribution in [1.82, 2.24) is 5.32 Å². The van der Waals surface area contributed by atoms with E-state index in [1.807, 2.05) is 0 Å². The van der Waals surface area contributed by atoms with Gasteiger partial charge in [0.05, 0.1) is 40.5 Å². The minimum absolute atomic E-state index is 0.0169. The highest BCUT2D eigenvalue weighted by Crippen LogP contribution is 2.24. The van der Waals surface area contributed by atoms with E-state index >= 15 is 0 Å². The Morgan fingerprint density at radius 1 is 1.25 bits per heavy atom. The lowest BCUT2D eigenvalue weighted by atomic mass is 10.1. The van der Waals surface area contributed by atoms with E-state index in [4.69, 9.17) is 19.3 Å². The fourth-order valence-electron chi connectivity index (χ4n) is 1.66. The molecule has 0 saturated carbocycles. The molecule has 0 heterocycles. The molecule has 0 aliphatic heterocycles. The number of hydrogen-bond acceptors (Lipinski definition) is 5. The van der Waals surface area contributed by atoms with Crippen molar-refractivity contribution in [3.63, 3.8) is 0 Å². The van der Waals surface area contributed by atoms with Gasteiger partial charge < -0.3 is 24.6 Å². The van der Waals surface area contributed by atoms with Crippen LogP contribution in [0, 0.1) is 0 Å². The number of benzene rings is 1. The summed E-state index contributed by atoms with van der Waals surface area (Å²) in [6.45, 7) is 1.06. The van der Waals surface area contributed by atoms with E-state index in [0.717, 1.165) is 5.56 Å². The molecule has 0 aliphatic carbocycles. The van der Waals surface area contributed by atoms with Gasteiger partial charge in [0, 0.05) is 18.2 Å². The Hall–Kier alpha value is -1.79. The van der Waals surface area contributed by atoms with Crippen LogP contribution in [0.3, 0.4) is 0 Å². The van der Waals surface area contributed by atoms with Crippen LogP contribution >= 0.6 is 0 Å². The number of methoxy groups -OCH3 is 2. The normalized spacial score (nSPS) is 10.2. The first-order valence-corrected chi connectivity index (χ1v) is 6.37. The van der Waals surface area contributed by atoms with Crippen LogP contribution in [0.15, 0.2) is 18.2 Å². The summed E-state index contributed by atoms with van der Waals surface area (Å²) in [5, 5.41) is 11.3. The van der Waals surface area contributed by atoms with Crippen molar-refractivity contribution < 1.29 is 24.1 Å². The van der Waals surface area contributed by atoms with Gasteiger partial charge in [-0.3, -0.25) is 4.79 Å². The molecule has 0 radical (unpaired) electrons. The number of aliphatic hydroxyl groups is 1. The summed E-state index contributed by atoms with van der Waals surface area (Å²) in [5.41, 5.74) is 0.794. The summed E-state index contributed by atoms with van der Waals surface area (Å²) in [6.07, 6.45) is 0.229. The molecular formula is C14H21NO5. The first-order valence-electron chi connectivity index (χ1n) is 6.37. The van der Waals surface area contributed by atoms with Crippen LogP contribution in [0.4, 0.5) is 0 Å². The Balaban J connectivity index is 2.45. The number of aliphatic hydroxyl groups excluding tert-OH is 1. The fourth-order valence-corrected chi connectivity index (χ4v) is 1.66. The van der Waals surface area contributed by atoms with Gasteiger partial charge in [0.1, 0.15) is 11.5 Å². The molecule has 0 unspecified atom stereocenters. The van der Waals surface area contributed by atoms with Crippen LogP contribution in [0.1, 0.15) is 5.56 Å². The molecule has 0 saturated heterocycles. The third-order valence-corrected chi connectivity index (χ3v) is 2.65. The van der Waals surface area contributed by atoms with Gasteiger partial charge in [0.25, 0.3) is 0 Å². The Kier molecular flexibility index (Phi) is 7.46. The van der Waals surface area contributed by atoms with E-state index in [-0.39, 0.29) is 25.5 Å². The molecule has 1 aromatic rings. The summed E-state index contributed by atoms with van der Waals surface area (Å²) >= 11 is 0. The van der Waals surface area contributed by atoms with Gasteiger partial charge >= 0.3 is 0 Å². The van der Waals surface area contributed by atoms with Gasteiger partial charge in [0.15, 0.2) is 0 Å². The predicted octanol–water partition coefficient (Wildman–Crippen LogP) is 0.371. The summed E-state index contributed by atoms with van der Waals surface area (Å²) in [5.74, 6) is 1.19. The maximum atomic E-state index is 11.8. The van der Waals surface area contributed by atoms with Gasteiger partial charge in [-0.2, -0.15) is 0 Å². The number of hydrogen-bond donors (Lipinski definition) is 2. The van der Waals surface area contributed by atoms with Gasteiger partial charge in [-0.05, 0) is 6.07 Å². The van der Waals surface area contributed by atoms with Gasteiger partial charge in [-0.25, -0.2) is 0 Å². The van der Waals surface area contributed by atoms with Crippen molar-refractivity contribution in [3.8, 4) is 11.5 Å². The number of carbonyl (C=O) groups excluding carboxylic acids is 1. The largest absolute Gasteiger partial charge is 0.497 e. The van der Waals surface area contributed by atoms with E-state index in [1.165, 1.54) is 0 Å². The monoisotopic (exact) mass is 283 g/mol. The molecular weight excluding hydrogens is 262 g/mol. The summed E-state index contributed by atoms with van der Waals surface area (Å²) in [6, 6.07) is 5.34. The topological polar surface area (TPSA) is 77.0 Å². The van der Waals surface area contributed by atoms with Crippen LogP contribution in [0.5, 0.6) is 11.5 Å². The lowest BCUT2D eigenvalue weighted by Crippen LogP contribution is -2.29. The van der Waals surface area contributed by atoms with Crippen molar-refractivity contribution in [2.75, 3.05) is 40.6 Å². The number of carbonyl (C=O) groups is 1. The Labute approximate surface area is 118 Å². The maximum Gasteiger partial charge on any atom is 0.224 e. The summed E-state index contributed by atoms with van der Waals surface area (Å²) in [4.78, 5) is 11.8. The zero-order chi connectivity index (χ0) is 14.8. The Bertz CT molecular complexity index is 422. The van der Waals surface area contributed by atoms with Gasteiger partial charge in [-0.15, -0.1) is 0 Å². The second-order valence-corrected chi connectivity index (χ2v) is 4.04. The highest BCUT2D eigenvalue weighted by molar-refractivity contribution is 5.79. The number of nitrogens with one attached hydrogen (secondary N) is 1. The van der Waals surface area contributed by atoms with Crippen molar-refractivity contribution in [2.24, 2.45) is 0 Å². The SMILES string of the molecule is COc1ccc(CC(=O)NCCOCCO)c(OC)c1. The zero-order valence-electron chi connectivity index (χ0n) is 11.8. The first-order chi connectivity index (χ1) is 9.71. The molecule has 6 nitrogen and oxygen atoms in total. The van der Waals surface area contributed by atoms with Crippen LogP contribution in [0.25, 0.3) is 0 Å². The molecule has 0 fully saturated rings. The second-order valence-electron chi connectivity index (χ2n) is 4.04. The molecule has 1 aromatic carbocycles. The van der Waals surface area contributed by atoms with Crippen molar-refractivity contribution >= 4 is 5.91 Å². The van der Waals surface area contributed by atoms with E-state index in [0.29, 0.717) is 24.7 Å². The predicted molar refractivity (Wildman–Crippen MR) is 74.2 cm³/mol. The molecule has 0 bridgehead atoms. The smallest absolute Gasteiger partial charge is 0.224 e.